The topological polar surface area (TPSA) is 92.4 Å². The molecule has 2 N–H and O–H groups in total. The molecule has 2 atom stereocenters. The van der Waals surface area contributed by atoms with Gasteiger partial charge < -0.3 is 24.7 Å². The fraction of sp³-hybridized carbons (Fsp3) is 0.500. The van der Waals surface area contributed by atoms with Crippen LogP contribution in [0.5, 0.6) is 0 Å². The number of anilines is 1. The number of rotatable bonds is 4. The lowest BCUT2D eigenvalue weighted by atomic mass is 9.94. The molecule has 2 aromatic heterocycles. The van der Waals surface area contributed by atoms with Gasteiger partial charge in [0.05, 0.1) is 38.9 Å². The summed E-state index contributed by atoms with van der Waals surface area (Å²) in [6.45, 7) is 3.55. The number of nitrogens with zero attached hydrogens (tertiary/aromatic N) is 3. The highest BCUT2D eigenvalue weighted by Gasteiger charge is 2.44. The highest BCUT2D eigenvalue weighted by molar-refractivity contribution is 5.92. The Bertz CT molecular complexity index is 724. The molecule has 4 heterocycles. The first-order valence-corrected chi connectivity index (χ1v) is 8.88. The molecule has 2 unspecified atom stereocenters. The van der Waals surface area contributed by atoms with Crippen molar-refractivity contribution in [3.8, 4) is 0 Å². The van der Waals surface area contributed by atoms with E-state index < -0.39 is 5.60 Å². The van der Waals surface area contributed by atoms with E-state index in [9.17, 15) is 4.79 Å². The zero-order chi connectivity index (χ0) is 17.8. The van der Waals surface area contributed by atoms with E-state index in [-0.39, 0.29) is 5.91 Å². The van der Waals surface area contributed by atoms with E-state index in [4.69, 9.17) is 9.47 Å². The minimum absolute atomic E-state index is 0.0639. The van der Waals surface area contributed by atoms with Crippen molar-refractivity contribution in [2.45, 2.75) is 12.0 Å². The number of pyridine rings is 1. The number of ether oxygens (including phenoxy) is 2. The van der Waals surface area contributed by atoms with Crippen LogP contribution < -0.4 is 5.32 Å². The Hall–Kier alpha value is -2.45. The molecular weight excluding hydrogens is 334 g/mol. The van der Waals surface area contributed by atoms with Crippen LogP contribution in [-0.4, -0.2) is 70.8 Å². The lowest BCUT2D eigenvalue weighted by Crippen LogP contribution is -2.46. The molecule has 0 saturated carbocycles. The second kappa shape index (κ2) is 7.43. The minimum Gasteiger partial charge on any atom is -0.377 e. The van der Waals surface area contributed by atoms with E-state index in [2.05, 4.69) is 20.3 Å². The van der Waals surface area contributed by atoms with E-state index >= 15 is 0 Å². The van der Waals surface area contributed by atoms with Gasteiger partial charge in [0.15, 0.2) is 0 Å². The minimum atomic E-state index is -0.442. The summed E-state index contributed by atoms with van der Waals surface area (Å²) >= 11 is 0. The maximum absolute atomic E-state index is 12.7. The molecule has 0 aliphatic carbocycles. The van der Waals surface area contributed by atoms with Crippen LogP contribution in [0.4, 0.5) is 5.82 Å². The smallest absolute Gasteiger partial charge is 0.272 e. The second-order valence-electron chi connectivity index (χ2n) is 6.90. The van der Waals surface area contributed by atoms with Gasteiger partial charge in [-0.05, 0) is 18.6 Å². The molecule has 0 radical (unpaired) electrons. The van der Waals surface area contributed by atoms with Gasteiger partial charge in [-0.2, -0.15) is 0 Å². The van der Waals surface area contributed by atoms with Crippen molar-refractivity contribution in [2.24, 2.45) is 5.92 Å². The van der Waals surface area contributed by atoms with Crippen molar-refractivity contribution in [3.05, 3.63) is 42.6 Å². The Morgan fingerprint density at radius 2 is 2.42 bits per heavy atom. The van der Waals surface area contributed by atoms with Crippen molar-refractivity contribution in [3.63, 3.8) is 0 Å². The number of aromatic nitrogens is 3. The van der Waals surface area contributed by atoms with Crippen LogP contribution >= 0.6 is 0 Å². The van der Waals surface area contributed by atoms with Crippen molar-refractivity contribution >= 4 is 11.7 Å². The van der Waals surface area contributed by atoms with Crippen LogP contribution in [0, 0.1) is 5.92 Å². The first-order chi connectivity index (χ1) is 12.7. The summed E-state index contributed by atoms with van der Waals surface area (Å²) in [4.78, 5) is 25.6. The third-order valence-corrected chi connectivity index (χ3v) is 4.89. The summed E-state index contributed by atoms with van der Waals surface area (Å²) in [6.07, 6.45) is 5.69. The van der Waals surface area contributed by atoms with Gasteiger partial charge in [-0.1, -0.05) is 6.07 Å². The summed E-state index contributed by atoms with van der Waals surface area (Å²) in [6, 6.07) is 5.80. The van der Waals surface area contributed by atoms with E-state index in [0.717, 1.165) is 18.8 Å². The van der Waals surface area contributed by atoms with E-state index in [1.165, 1.54) is 6.33 Å². The lowest BCUT2D eigenvalue weighted by Gasteiger charge is -2.31. The maximum Gasteiger partial charge on any atom is 0.272 e. The SMILES string of the molecule is O=C(c1cnc[nH]1)N1CCOCC2(CC(CNc3ccccn3)CO2)C1. The van der Waals surface area contributed by atoms with Crippen LogP contribution in [-0.2, 0) is 9.47 Å². The van der Waals surface area contributed by atoms with Gasteiger partial charge in [0.25, 0.3) is 5.91 Å². The average Bonchev–Trinajstić information content (AvgIpc) is 3.29. The van der Waals surface area contributed by atoms with E-state index in [0.29, 0.717) is 44.5 Å². The Labute approximate surface area is 151 Å². The van der Waals surface area contributed by atoms with E-state index in [1.54, 1.807) is 17.3 Å². The predicted octanol–water partition coefficient (Wildman–Crippen LogP) is 1.16. The number of hydrogen-bond donors (Lipinski definition) is 2. The largest absolute Gasteiger partial charge is 0.377 e. The number of nitrogens with one attached hydrogen (secondary N) is 2. The fourth-order valence-electron chi connectivity index (χ4n) is 3.62. The Kier molecular flexibility index (Phi) is 4.85. The van der Waals surface area contributed by atoms with Gasteiger partial charge in [0, 0.05) is 25.2 Å². The monoisotopic (exact) mass is 357 g/mol. The zero-order valence-electron chi connectivity index (χ0n) is 14.6. The highest BCUT2D eigenvalue weighted by Crippen LogP contribution is 2.33. The second-order valence-corrected chi connectivity index (χ2v) is 6.90. The third kappa shape index (κ3) is 3.71. The van der Waals surface area contributed by atoms with Gasteiger partial charge in [-0.3, -0.25) is 4.79 Å². The number of H-pyrrole nitrogens is 1. The van der Waals surface area contributed by atoms with Gasteiger partial charge in [0.2, 0.25) is 0 Å². The van der Waals surface area contributed by atoms with Crippen LogP contribution in [0.15, 0.2) is 36.9 Å². The van der Waals surface area contributed by atoms with Gasteiger partial charge in [0.1, 0.15) is 17.1 Å². The fourth-order valence-corrected chi connectivity index (χ4v) is 3.62. The third-order valence-electron chi connectivity index (χ3n) is 4.89. The molecule has 2 fully saturated rings. The van der Waals surface area contributed by atoms with Gasteiger partial charge in [-0.25, -0.2) is 9.97 Å². The normalized spacial score (nSPS) is 26.0. The van der Waals surface area contributed by atoms with Crippen molar-refractivity contribution < 1.29 is 14.3 Å². The molecule has 4 rings (SSSR count). The molecule has 1 spiro atoms. The summed E-state index contributed by atoms with van der Waals surface area (Å²) in [5, 5.41) is 3.35. The molecular formula is C18H23N5O3. The Morgan fingerprint density at radius 3 is 3.23 bits per heavy atom. The summed E-state index contributed by atoms with van der Waals surface area (Å²) in [5.41, 5.74) is 0.0521. The molecule has 0 bridgehead atoms. The molecule has 2 aliphatic rings. The summed E-state index contributed by atoms with van der Waals surface area (Å²) in [7, 11) is 0. The van der Waals surface area contributed by atoms with Crippen molar-refractivity contribution in [1.82, 2.24) is 19.9 Å². The van der Waals surface area contributed by atoms with E-state index in [1.807, 2.05) is 18.2 Å². The molecule has 26 heavy (non-hydrogen) atoms. The van der Waals surface area contributed by atoms with Gasteiger partial charge >= 0.3 is 0 Å². The molecule has 2 saturated heterocycles. The van der Waals surface area contributed by atoms with Crippen molar-refractivity contribution in [2.75, 3.05) is 44.8 Å². The molecule has 1 amide bonds. The summed E-state index contributed by atoms with van der Waals surface area (Å²) < 4.78 is 11.9. The zero-order valence-corrected chi connectivity index (χ0v) is 14.6. The number of hydrogen-bond acceptors (Lipinski definition) is 6. The molecule has 0 aromatic carbocycles. The molecule has 8 nitrogen and oxygen atoms in total. The number of amides is 1. The predicted molar refractivity (Wildman–Crippen MR) is 94.8 cm³/mol. The van der Waals surface area contributed by atoms with Crippen LogP contribution in [0.2, 0.25) is 0 Å². The average molecular weight is 357 g/mol. The Balaban J connectivity index is 1.38. The van der Waals surface area contributed by atoms with Crippen LogP contribution in [0.3, 0.4) is 0 Å². The van der Waals surface area contributed by atoms with Gasteiger partial charge in [-0.15, -0.1) is 0 Å². The van der Waals surface area contributed by atoms with Crippen LogP contribution in [0.1, 0.15) is 16.9 Å². The molecule has 138 valence electrons. The summed E-state index contributed by atoms with van der Waals surface area (Å²) in [5.74, 6) is 1.15. The number of imidazole rings is 1. The Morgan fingerprint density at radius 1 is 1.46 bits per heavy atom. The maximum atomic E-state index is 12.7. The highest BCUT2D eigenvalue weighted by atomic mass is 16.5. The number of carbonyl (C=O) groups excluding carboxylic acids is 1. The number of aromatic amines is 1. The quantitative estimate of drug-likeness (QED) is 0.853. The molecule has 2 aliphatic heterocycles. The van der Waals surface area contributed by atoms with Crippen molar-refractivity contribution in [1.29, 1.82) is 0 Å². The molecule has 2 aromatic rings. The lowest BCUT2D eigenvalue weighted by molar-refractivity contribution is -0.0538. The first kappa shape index (κ1) is 17.0. The molecule has 8 heteroatoms. The first-order valence-electron chi connectivity index (χ1n) is 8.88. The number of carbonyl (C=O) groups is 1. The standard InChI is InChI=1S/C18H23N5O3/c24-17(15-9-19-13-22-15)23-5-6-25-12-18(11-23)7-14(10-26-18)8-21-16-3-1-2-4-20-16/h1-4,9,13-14H,5-8,10-12H2,(H,19,22)(H,20,21). The van der Waals surface area contributed by atoms with Crippen LogP contribution in [0.25, 0.3) is 0 Å².